The molecule has 2 aromatic rings. The first-order chi connectivity index (χ1) is 17.7. The van der Waals surface area contributed by atoms with Gasteiger partial charge in [0.1, 0.15) is 5.75 Å². The van der Waals surface area contributed by atoms with Crippen LogP contribution in [-0.4, -0.2) is 12.6 Å². The summed E-state index contributed by atoms with van der Waals surface area (Å²) in [6, 6.07) is 15.6. The zero-order valence-corrected chi connectivity index (χ0v) is 23.2. The molecule has 2 rings (SSSR count). The molecular formula is C33H50O3. The Bertz CT molecular complexity index is 827. The van der Waals surface area contributed by atoms with Crippen LogP contribution in [-0.2, 0) is 11.2 Å². The third-order valence-corrected chi connectivity index (χ3v) is 6.96. The molecule has 3 heteroatoms. The van der Waals surface area contributed by atoms with Crippen LogP contribution in [0.15, 0.2) is 48.5 Å². The van der Waals surface area contributed by atoms with E-state index in [4.69, 9.17) is 9.47 Å². The number of hydrogen-bond acceptors (Lipinski definition) is 3. The molecule has 2 aromatic carbocycles. The van der Waals surface area contributed by atoms with Crippen molar-refractivity contribution in [3.63, 3.8) is 0 Å². The second-order valence-electron chi connectivity index (χ2n) is 10.1. The number of rotatable bonds is 20. The van der Waals surface area contributed by atoms with Crippen LogP contribution in [0.2, 0.25) is 0 Å². The first-order valence-corrected chi connectivity index (χ1v) is 14.7. The summed E-state index contributed by atoms with van der Waals surface area (Å²) in [4.78, 5) is 12.8. The number of para-hydroxylation sites is 1. The summed E-state index contributed by atoms with van der Waals surface area (Å²) >= 11 is 0. The normalized spacial score (nSPS) is 12.0. The number of ether oxygens (including phenoxy) is 2. The summed E-state index contributed by atoms with van der Waals surface area (Å²) < 4.78 is 11.8. The number of carbonyl (C=O) groups excluding carboxylic acids is 1. The van der Waals surface area contributed by atoms with Crippen molar-refractivity contribution in [2.75, 3.05) is 6.61 Å². The molecule has 1 atom stereocenters. The molecule has 0 radical (unpaired) electrons. The summed E-state index contributed by atoms with van der Waals surface area (Å²) in [5, 5.41) is 0. The zero-order chi connectivity index (χ0) is 25.8. The van der Waals surface area contributed by atoms with Crippen LogP contribution in [0.4, 0.5) is 0 Å². The largest absolute Gasteiger partial charge is 0.423 e. The van der Waals surface area contributed by atoms with Crippen molar-refractivity contribution in [3.8, 4) is 5.75 Å². The highest BCUT2D eigenvalue weighted by Crippen LogP contribution is 2.23. The minimum atomic E-state index is -0.301. The number of hydrogen-bond donors (Lipinski definition) is 0. The van der Waals surface area contributed by atoms with Crippen molar-refractivity contribution < 1.29 is 14.3 Å². The maximum atomic E-state index is 12.8. The lowest BCUT2D eigenvalue weighted by atomic mass is 10.0. The lowest BCUT2D eigenvalue weighted by Gasteiger charge is -2.14. The summed E-state index contributed by atoms with van der Waals surface area (Å²) in [7, 11) is 0. The van der Waals surface area contributed by atoms with Gasteiger partial charge in [0.2, 0.25) is 0 Å². The Morgan fingerprint density at radius 1 is 0.694 bits per heavy atom. The molecule has 3 nitrogen and oxygen atoms in total. The topological polar surface area (TPSA) is 35.5 Å². The average molecular weight is 495 g/mol. The van der Waals surface area contributed by atoms with Crippen LogP contribution in [0, 0.1) is 0 Å². The smallest absolute Gasteiger partial charge is 0.343 e. The van der Waals surface area contributed by atoms with Gasteiger partial charge >= 0.3 is 5.97 Å². The van der Waals surface area contributed by atoms with E-state index in [1.54, 1.807) is 0 Å². The molecule has 0 aromatic heterocycles. The van der Waals surface area contributed by atoms with E-state index < -0.39 is 0 Å². The molecule has 0 fully saturated rings. The predicted molar refractivity (Wildman–Crippen MR) is 152 cm³/mol. The van der Waals surface area contributed by atoms with Crippen molar-refractivity contribution in [1.82, 2.24) is 0 Å². The molecule has 0 aliphatic rings. The number of aryl methyl sites for hydroxylation is 1. The highest BCUT2D eigenvalue weighted by molar-refractivity contribution is 5.91. The van der Waals surface area contributed by atoms with Crippen LogP contribution in [0.3, 0.4) is 0 Å². The van der Waals surface area contributed by atoms with Gasteiger partial charge in [-0.25, -0.2) is 4.79 Å². The van der Waals surface area contributed by atoms with Gasteiger partial charge in [-0.3, -0.25) is 0 Å². The fourth-order valence-electron chi connectivity index (χ4n) is 4.55. The molecule has 0 amide bonds. The van der Waals surface area contributed by atoms with Gasteiger partial charge in [0.15, 0.2) is 0 Å². The summed E-state index contributed by atoms with van der Waals surface area (Å²) in [6.45, 7) is 7.33. The molecule has 0 heterocycles. The van der Waals surface area contributed by atoms with Crippen molar-refractivity contribution in [2.45, 2.75) is 123 Å². The van der Waals surface area contributed by atoms with E-state index in [9.17, 15) is 4.79 Å². The Labute approximate surface area is 221 Å². The Morgan fingerprint density at radius 2 is 1.25 bits per heavy atom. The van der Waals surface area contributed by atoms with Gasteiger partial charge in [-0.05, 0) is 55.5 Å². The first kappa shape index (κ1) is 30.1. The minimum absolute atomic E-state index is 0.0264. The van der Waals surface area contributed by atoms with E-state index >= 15 is 0 Å². The standard InChI is InChI=1S/C33H50O3/c1-4-6-8-10-11-12-13-14-15-16-20-30-21-17-18-22-32(30)36-33(34)31-25-23-29(24-26-31)28(3)35-27-19-9-7-5-2/h17-18,21-26,28H,4-16,19-20,27H2,1-3H3. The molecule has 200 valence electrons. The monoisotopic (exact) mass is 494 g/mol. The molecule has 0 spiro atoms. The SMILES string of the molecule is CCCCCCCCCCCCc1ccccc1OC(=O)c1ccc(C(C)OCCCCCC)cc1. The highest BCUT2D eigenvalue weighted by atomic mass is 16.5. The highest BCUT2D eigenvalue weighted by Gasteiger charge is 2.13. The maximum absolute atomic E-state index is 12.8. The quantitative estimate of drug-likeness (QED) is 0.104. The van der Waals surface area contributed by atoms with E-state index in [2.05, 4.69) is 26.8 Å². The molecule has 1 unspecified atom stereocenters. The van der Waals surface area contributed by atoms with Crippen molar-refractivity contribution in [3.05, 3.63) is 65.2 Å². The third kappa shape index (κ3) is 12.2. The lowest BCUT2D eigenvalue weighted by molar-refractivity contribution is 0.0626. The number of unbranched alkanes of at least 4 members (excludes halogenated alkanes) is 12. The second-order valence-corrected chi connectivity index (χ2v) is 10.1. The van der Waals surface area contributed by atoms with Crippen LogP contribution in [0.5, 0.6) is 5.75 Å². The van der Waals surface area contributed by atoms with Gasteiger partial charge in [-0.1, -0.05) is 121 Å². The number of esters is 1. The van der Waals surface area contributed by atoms with E-state index in [0.717, 1.165) is 37.0 Å². The molecule has 0 aliphatic carbocycles. The fraction of sp³-hybridized carbons (Fsp3) is 0.606. The summed E-state index contributed by atoms with van der Waals surface area (Å²) in [5.74, 6) is 0.386. The van der Waals surface area contributed by atoms with E-state index in [0.29, 0.717) is 11.3 Å². The van der Waals surface area contributed by atoms with E-state index in [1.165, 1.54) is 77.0 Å². The summed E-state index contributed by atoms with van der Waals surface area (Å²) in [5.41, 5.74) is 2.78. The van der Waals surface area contributed by atoms with Gasteiger partial charge in [0.25, 0.3) is 0 Å². The van der Waals surface area contributed by atoms with Gasteiger partial charge in [0, 0.05) is 6.61 Å². The Hall–Kier alpha value is -2.13. The minimum Gasteiger partial charge on any atom is -0.423 e. The lowest BCUT2D eigenvalue weighted by Crippen LogP contribution is -2.10. The second kappa shape index (κ2) is 19.0. The van der Waals surface area contributed by atoms with Crippen molar-refractivity contribution in [1.29, 1.82) is 0 Å². The molecule has 0 bridgehead atoms. The molecule has 36 heavy (non-hydrogen) atoms. The van der Waals surface area contributed by atoms with Crippen molar-refractivity contribution >= 4 is 5.97 Å². The van der Waals surface area contributed by atoms with E-state index in [1.807, 2.05) is 42.5 Å². The van der Waals surface area contributed by atoms with Crippen LogP contribution in [0.25, 0.3) is 0 Å². The third-order valence-electron chi connectivity index (χ3n) is 6.96. The number of carbonyl (C=O) groups is 1. The van der Waals surface area contributed by atoms with E-state index in [-0.39, 0.29) is 12.1 Å². The van der Waals surface area contributed by atoms with Crippen LogP contribution < -0.4 is 4.74 Å². The molecule has 0 aliphatic heterocycles. The van der Waals surface area contributed by atoms with Gasteiger partial charge in [-0.2, -0.15) is 0 Å². The van der Waals surface area contributed by atoms with Gasteiger partial charge in [0.05, 0.1) is 11.7 Å². The number of benzene rings is 2. The Morgan fingerprint density at radius 3 is 1.89 bits per heavy atom. The fourth-order valence-corrected chi connectivity index (χ4v) is 4.55. The molecular weight excluding hydrogens is 444 g/mol. The van der Waals surface area contributed by atoms with Gasteiger partial charge < -0.3 is 9.47 Å². The Kier molecular flexibility index (Phi) is 15.9. The molecule has 0 saturated carbocycles. The van der Waals surface area contributed by atoms with Crippen LogP contribution >= 0.6 is 0 Å². The molecule has 0 N–H and O–H groups in total. The first-order valence-electron chi connectivity index (χ1n) is 14.7. The predicted octanol–water partition coefficient (Wildman–Crippen LogP) is 10.0. The summed E-state index contributed by atoms with van der Waals surface area (Å²) in [6.07, 6.45) is 19.0. The average Bonchev–Trinajstić information content (AvgIpc) is 2.90. The van der Waals surface area contributed by atoms with Crippen LogP contribution in [0.1, 0.15) is 138 Å². The van der Waals surface area contributed by atoms with Crippen molar-refractivity contribution in [2.24, 2.45) is 0 Å². The maximum Gasteiger partial charge on any atom is 0.343 e. The molecule has 0 saturated heterocycles. The zero-order valence-electron chi connectivity index (χ0n) is 23.2. The Balaban J connectivity index is 1.74. The van der Waals surface area contributed by atoms with Gasteiger partial charge in [-0.15, -0.1) is 0 Å².